The van der Waals surface area contributed by atoms with Gasteiger partial charge in [-0.3, -0.25) is 0 Å². The van der Waals surface area contributed by atoms with Gasteiger partial charge in [-0.05, 0) is 34.7 Å². The minimum atomic E-state index is -4.53. The molecule has 0 aliphatic carbocycles. The molecule has 1 unspecified atom stereocenters. The van der Waals surface area contributed by atoms with Gasteiger partial charge in [-0.15, -0.1) is 11.3 Å². The molecule has 2 N–H and O–H groups in total. The Morgan fingerprint density at radius 3 is 2.71 bits per heavy atom. The Kier molecular flexibility index (Phi) is 3.37. The number of benzene rings is 1. The number of nitrogens with two attached hydrogens (primary N) is 1. The number of alkyl halides is 3. The predicted molar refractivity (Wildman–Crippen MR) is 80.6 cm³/mol. The van der Waals surface area contributed by atoms with E-state index in [1.807, 2.05) is 0 Å². The molecule has 2 nitrogen and oxygen atoms in total. The summed E-state index contributed by atoms with van der Waals surface area (Å²) in [7, 11) is 0. The van der Waals surface area contributed by atoms with Crippen LogP contribution in [0.15, 0.2) is 45.2 Å². The Hall–Kier alpha value is -1.34. The molecule has 0 fully saturated rings. The van der Waals surface area contributed by atoms with Gasteiger partial charge in [0.1, 0.15) is 5.84 Å². The number of hydrogen-bond acceptors (Lipinski definition) is 3. The zero-order chi connectivity index (χ0) is 15.3. The summed E-state index contributed by atoms with van der Waals surface area (Å²) in [4.78, 5) is 4.50. The first-order valence-electron chi connectivity index (χ1n) is 6.08. The molecule has 0 saturated carbocycles. The van der Waals surface area contributed by atoms with Crippen molar-refractivity contribution in [2.45, 2.75) is 18.1 Å². The lowest BCUT2D eigenvalue weighted by molar-refractivity contribution is -0.188. The second kappa shape index (κ2) is 4.84. The Morgan fingerprint density at radius 2 is 2.05 bits per heavy atom. The van der Waals surface area contributed by atoms with Gasteiger partial charge in [0.15, 0.2) is 5.54 Å². The molecule has 1 aromatic heterocycles. The zero-order valence-corrected chi connectivity index (χ0v) is 13.0. The number of amidine groups is 1. The van der Waals surface area contributed by atoms with E-state index < -0.39 is 11.7 Å². The Bertz CT molecular complexity index is 723. The summed E-state index contributed by atoms with van der Waals surface area (Å²) in [5.74, 6) is -0.0523. The molecule has 0 radical (unpaired) electrons. The van der Waals surface area contributed by atoms with Crippen molar-refractivity contribution in [1.82, 2.24) is 0 Å². The van der Waals surface area contributed by atoms with E-state index in [1.165, 1.54) is 23.5 Å². The van der Waals surface area contributed by atoms with Crippen molar-refractivity contribution in [2.24, 2.45) is 10.7 Å². The minimum Gasteiger partial charge on any atom is -0.383 e. The number of fused-ring (bicyclic) bond motifs is 1. The van der Waals surface area contributed by atoms with E-state index in [1.54, 1.807) is 23.6 Å². The molecule has 1 aliphatic heterocycles. The normalized spacial score (nSPS) is 21.8. The highest BCUT2D eigenvalue weighted by molar-refractivity contribution is 9.10. The first kappa shape index (κ1) is 14.6. The second-order valence-electron chi connectivity index (χ2n) is 4.82. The van der Waals surface area contributed by atoms with Gasteiger partial charge in [0.05, 0.1) is 4.88 Å². The van der Waals surface area contributed by atoms with E-state index in [4.69, 9.17) is 5.73 Å². The summed E-state index contributed by atoms with van der Waals surface area (Å²) in [6.45, 7) is 0. The topological polar surface area (TPSA) is 38.4 Å². The number of hydrogen-bond donors (Lipinski definition) is 1. The van der Waals surface area contributed by atoms with Gasteiger partial charge in [0.2, 0.25) is 0 Å². The molecule has 7 heteroatoms. The first-order chi connectivity index (χ1) is 9.83. The highest BCUT2D eigenvalue weighted by atomic mass is 79.9. The summed E-state index contributed by atoms with van der Waals surface area (Å²) in [6.07, 6.45) is -4.76. The summed E-state index contributed by atoms with van der Waals surface area (Å²) in [6, 6.07) is 7.81. The van der Waals surface area contributed by atoms with E-state index in [0.717, 1.165) is 0 Å². The van der Waals surface area contributed by atoms with Crippen LogP contribution in [0.1, 0.15) is 16.0 Å². The van der Waals surface area contributed by atoms with E-state index >= 15 is 0 Å². The monoisotopic (exact) mass is 374 g/mol. The molecule has 0 amide bonds. The number of halogens is 4. The zero-order valence-electron chi connectivity index (χ0n) is 10.6. The fraction of sp³-hybridized carbons (Fsp3) is 0.214. The molecule has 1 aromatic carbocycles. The first-order valence-corrected chi connectivity index (χ1v) is 7.75. The SMILES string of the molecule is NC1=NC(c2cccc(Br)c2)(C(F)(F)F)Cc2ccsc21. The third-order valence-electron chi connectivity index (χ3n) is 3.51. The summed E-state index contributed by atoms with van der Waals surface area (Å²) in [5, 5.41) is 1.74. The van der Waals surface area contributed by atoms with Crippen LogP contribution in [-0.2, 0) is 12.0 Å². The molecule has 3 rings (SSSR count). The summed E-state index contributed by atoms with van der Waals surface area (Å²) in [5.41, 5.74) is 4.14. The van der Waals surface area contributed by atoms with Crippen molar-refractivity contribution in [3.05, 3.63) is 56.2 Å². The van der Waals surface area contributed by atoms with Gasteiger partial charge < -0.3 is 5.73 Å². The van der Waals surface area contributed by atoms with Crippen LogP contribution in [0, 0.1) is 0 Å². The maximum atomic E-state index is 13.8. The van der Waals surface area contributed by atoms with Crippen LogP contribution in [0.3, 0.4) is 0 Å². The van der Waals surface area contributed by atoms with Gasteiger partial charge in [0, 0.05) is 10.9 Å². The lowest BCUT2D eigenvalue weighted by atomic mass is 9.82. The molecule has 2 aromatic rings. The Balaban J connectivity index is 2.24. The van der Waals surface area contributed by atoms with Gasteiger partial charge in [-0.2, -0.15) is 13.2 Å². The number of thiophene rings is 1. The fourth-order valence-electron chi connectivity index (χ4n) is 2.51. The average molecular weight is 375 g/mol. The van der Waals surface area contributed by atoms with Gasteiger partial charge in [-0.1, -0.05) is 28.1 Å². The number of aliphatic imine (C=N–C) groups is 1. The predicted octanol–water partition coefficient (Wildman–Crippen LogP) is 4.23. The highest BCUT2D eigenvalue weighted by Gasteiger charge is 2.58. The van der Waals surface area contributed by atoms with Crippen LogP contribution < -0.4 is 5.73 Å². The standard InChI is InChI=1S/C14H10BrF3N2S/c15-10-3-1-2-9(6-10)13(14(16,17)18)7-8-4-5-21-11(8)12(19)20-13/h1-6H,7H2,(H2,19,20). The van der Waals surface area contributed by atoms with E-state index in [-0.39, 0.29) is 17.8 Å². The van der Waals surface area contributed by atoms with Gasteiger partial charge in [0.25, 0.3) is 0 Å². The molecule has 0 saturated heterocycles. The van der Waals surface area contributed by atoms with Crippen LogP contribution in [0.4, 0.5) is 13.2 Å². The maximum absolute atomic E-state index is 13.8. The van der Waals surface area contributed by atoms with Crippen molar-refractivity contribution in [3.63, 3.8) is 0 Å². The van der Waals surface area contributed by atoms with Crippen LogP contribution in [-0.4, -0.2) is 12.0 Å². The average Bonchev–Trinajstić information content (AvgIpc) is 2.86. The van der Waals surface area contributed by atoms with Crippen LogP contribution in [0.25, 0.3) is 0 Å². The molecule has 2 heterocycles. The van der Waals surface area contributed by atoms with Crippen LogP contribution >= 0.6 is 27.3 Å². The molecular weight excluding hydrogens is 365 g/mol. The van der Waals surface area contributed by atoms with Crippen molar-refractivity contribution in [3.8, 4) is 0 Å². The summed E-state index contributed by atoms with van der Waals surface area (Å²) >= 11 is 4.52. The molecule has 1 atom stereocenters. The number of rotatable bonds is 1. The van der Waals surface area contributed by atoms with Gasteiger partial charge >= 0.3 is 6.18 Å². The molecule has 110 valence electrons. The Labute approximate surface area is 131 Å². The van der Waals surface area contributed by atoms with Crippen molar-refractivity contribution >= 4 is 33.1 Å². The van der Waals surface area contributed by atoms with Gasteiger partial charge in [-0.25, -0.2) is 4.99 Å². The van der Waals surface area contributed by atoms with Crippen LogP contribution in [0.5, 0.6) is 0 Å². The van der Waals surface area contributed by atoms with E-state index in [2.05, 4.69) is 20.9 Å². The van der Waals surface area contributed by atoms with Crippen molar-refractivity contribution in [2.75, 3.05) is 0 Å². The molecular formula is C14H10BrF3N2S. The quantitative estimate of drug-likeness (QED) is 0.796. The number of nitrogens with zero attached hydrogens (tertiary/aromatic N) is 1. The minimum absolute atomic E-state index is 0.0523. The highest BCUT2D eigenvalue weighted by Crippen LogP contribution is 2.48. The largest absolute Gasteiger partial charge is 0.418 e. The van der Waals surface area contributed by atoms with E-state index in [0.29, 0.717) is 14.9 Å². The molecule has 0 spiro atoms. The lowest BCUT2D eigenvalue weighted by Gasteiger charge is -2.35. The smallest absolute Gasteiger partial charge is 0.383 e. The lowest BCUT2D eigenvalue weighted by Crippen LogP contribution is -2.46. The maximum Gasteiger partial charge on any atom is 0.418 e. The van der Waals surface area contributed by atoms with E-state index in [9.17, 15) is 13.2 Å². The van der Waals surface area contributed by atoms with Crippen molar-refractivity contribution < 1.29 is 13.2 Å². The molecule has 1 aliphatic rings. The summed E-state index contributed by atoms with van der Waals surface area (Å²) < 4.78 is 42.0. The van der Waals surface area contributed by atoms with Crippen molar-refractivity contribution in [1.29, 1.82) is 0 Å². The third kappa shape index (κ3) is 2.28. The molecule has 0 bridgehead atoms. The van der Waals surface area contributed by atoms with Crippen LogP contribution in [0.2, 0.25) is 0 Å². The second-order valence-corrected chi connectivity index (χ2v) is 6.65. The Morgan fingerprint density at radius 1 is 1.29 bits per heavy atom. The fourth-order valence-corrected chi connectivity index (χ4v) is 3.74. The molecule has 21 heavy (non-hydrogen) atoms. The third-order valence-corrected chi connectivity index (χ3v) is 4.98.